The molecule has 0 radical (unpaired) electrons. The second-order valence-electron chi connectivity index (χ2n) is 4.26. The molecule has 1 rings (SSSR count). The lowest BCUT2D eigenvalue weighted by Gasteiger charge is -2.14. The minimum absolute atomic E-state index is 0.185. The van der Waals surface area contributed by atoms with E-state index in [2.05, 4.69) is 5.32 Å². The van der Waals surface area contributed by atoms with E-state index in [9.17, 15) is 14.4 Å². The predicted molar refractivity (Wildman–Crippen MR) is 71.9 cm³/mol. The highest BCUT2D eigenvalue weighted by Gasteiger charge is 2.22. The molecule has 0 aromatic heterocycles. The van der Waals surface area contributed by atoms with Gasteiger partial charge in [-0.25, -0.2) is 4.79 Å². The molecule has 108 valence electrons. The van der Waals surface area contributed by atoms with Crippen molar-refractivity contribution < 1.29 is 24.6 Å². The Kier molecular flexibility index (Phi) is 5.52. The summed E-state index contributed by atoms with van der Waals surface area (Å²) in [5, 5.41) is 20.2. The Morgan fingerprint density at radius 1 is 1.30 bits per heavy atom. The number of halogens is 1. The molecule has 0 saturated heterocycles. The van der Waals surface area contributed by atoms with Crippen LogP contribution in [-0.2, 0) is 9.59 Å². The van der Waals surface area contributed by atoms with E-state index in [1.54, 1.807) is 19.1 Å². The molecule has 0 bridgehead atoms. The molecule has 7 heteroatoms. The summed E-state index contributed by atoms with van der Waals surface area (Å²) in [7, 11) is 0. The lowest BCUT2D eigenvalue weighted by molar-refractivity contribution is -0.140. The number of carbonyl (C=O) groups excluding carboxylic acids is 1. The van der Waals surface area contributed by atoms with Gasteiger partial charge in [0.05, 0.1) is 0 Å². The van der Waals surface area contributed by atoms with Gasteiger partial charge in [0.25, 0.3) is 5.91 Å². The number of amides is 1. The summed E-state index contributed by atoms with van der Waals surface area (Å²) < 4.78 is 0. The van der Waals surface area contributed by atoms with Gasteiger partial charge < -0.3 is 15.5 Å². The van der Waals surface area contributed by atoms with E-state index in [0.717, 1.165) is 0 Å². The summed E-state index contributed by atoms with van der Waals surface area (Å²) in [6, 6.07) is 3.44. The monoisotopic (exact) mass is 299 g/mol. The average Bonchev–Trinajstić information content (AvgIpc) is 2.36. The zero-order valence-electron chi connectivity index (χ0n) is 10.7. The van der Waals surface area contributed by atoms with Gasteiger partial charge in [-0.15, -0.1) is 0 Å². The number of rotatable bonds is 6. The van der Waals surface area contributed by atoms with Gasteiger partial charge in [0.15, 0.2) is 0 Å². The molecule has 0 fully saturated rings. The largest absolute Gasteiger partial charge is 0.481 e. The molecule has 0 spiro atoms. The van der Waals surface area contributed by atoms with Crippen molar-refractivity contribution in [1.82, 2.24) is 5.32 Å². The van der Waals surface area contributed by atoms with Gasteiger partial charge in [-0.1, -0.05) is 17.7 Å². The lowest BCUT2D eigenvalue weighted by Crippen LogP contribution is -2.41. The quantitative estimate of drug-likeness (QED) is 0.741. The summed E-state index contributed by atoms with van der Waals surface area (Å²) in [6.07, 6.45) is -0.526. The molecule has 1 aromatic rings. The molecule has 1 aromatic carbocycles. The molecule has 0 aliphatic rings. The van der Waals surface area contributed by atoms with Crippen LogP contribution >= 0.6 is 11.6 Å². The zero-order chi connectivity index (χ0) is 15.3. The van der Waals surface area contributed by atoms with Crippen molar-refractivity contribution in [2.75, 3.05) is 0 Å². The second kappa shape index (κ2) is 6.91. The number of aliphatic carboxylic acids is 2. The summed E-state index contributed by atoms with van der Waals surface area (Å²) in [4.78, 5) is 33.5. The molecule has 0 aliphatic carbocycles. The van der Waals surface area contributed by atoms with Crippen LogP contribution in [0.5, 0.6) is 0 Å². The molecule has 3 N–H and O–H groups in total. The maximum Gasteiger partial charge on any atom is 0.326 e. The molecule has 0 heterocycles. The van der Waals surface area contributed by atoms with Gasteiger partial charge in [-0.3, -0.25) is 9.59 Å². The van der Waals surface area contributed by atoms with E-state index in [1.807, 2.05) is 0 Å². The molecular formula is C13H14ClNO5. The summed E-state index contributed by atoms with van der Waals surface area (Å²) >= 11 is 5.79. The van der Waals surface area contributed by atoms with E-state index in [-0.39, 0.29) is 18.4 Å². The highest BCUT2D eigenvalue weighted by molar-refractivity contribution is 6.31. The first-order valence-electron chi connectivity index (χ1n) is 5.83. The number of hydrogen-bond acceptors (Lipinski definition) is 3. The van der Waals surface area contributed by atoms with E-state index in [1.165, 1.54) is 6.07 Å². The van der Waals surface area contributed by atoms with Gasteiger partial charge in [0.1, 0.15) is 6.04 Å². The highest BCUT2D eigenvalue weighted by atomic mass is 35.5. The van der Waals surface area contributed by atoms with Gasteiger partial charge in [-0.2, -0.15) is 0 Å². The molecule has 1 atom stereocenters. The van der Waals surface area contributed by atoms with E-state index < -0.39 is 23.9 Å². The molecule has 1 unspecified atom stereocenters. The zero-order valence-corrected chi connectivity index (χ0v) is 11.5. The van der Waals surface area contributed by atoms with Crippen LogP contribution in [0.2, 0.25) is 5.02 Å². The average molecular weight is 300 g/mol. The first kappa shape index (κ1) is 16.0. The number of carboxylic acid groups (broad SMARTS) is 2. The van der Waals surface area contributed by atoms with Crippen LogP contribution in [0.4, 0.5) is 0 Å². The molecule has 1 amide bonds. The number of aryl methyl sites for hydroxylation is 1. The van der Waals surface area contributed by atoms with Crippen molar-refractivity contribution in [2.45, 2.75) is 25.8 Å². The first-order valence-corrected chi connectivity index (χ1v) is 6.20. The SMILES string of the molecule is Cc1ccc(Cl)cc1C(=O)NC(CCC(=O)O)C(=O)O. The van der Waals surface area contributed by atoms with Crippen LogP contribution in [0.15, 0.2) is 18.2 Å². The number of hydrogen-bond donors (Lipinski definition) is 3. The van der Waals surface area contributed by atoms with Crippen LogP contribution in [0.1, 0.15) is 28.8 Å². The fourth-order valence-electron chi connectivity index (χ4n) is 1.60. The van der Waals surface area contributed by atoms with Crippen molar-refractivity contribution in [3.05, 3.63) is 34.3 Å². The third kappa shape index (κ3) is 4.55. The number of carbonyl (C=O) groups is 3. The van der Waals surface area contributed by atoms with Crippen LogP contribution in [-0.4, -0.2) is 34.1 Å². The minimum Gasteiger partial charge on any atom is -0.481 e. The Bertz CT molecular complexity index is 544. The highest BCUT2D eigenvalue weighted by Crippen LogP contribution is 2.15. The van der Waals surface area contributed by atoms with Crippen molar-refractivity contribution in [1.29, 1.82) is 0 Å². The van der Waals surface area contributed by atoms with E-state index in [0.29, 0.717) is 10.6 Å². The Hall–Kier alpha value is -2.08. The number of carboxylic acids is 2. The fraction of sp³-hybridized carbons (Fsp3) is 0.308. The molecule has 0 saturated carbocycles. The number of nitrogens with one attached hydrogen (secondary N) is 1. The van der Waals surface area contributed by atoms with Gasteiger partial charge >= 0.3 is 11.9 Å². The van der Waals surface area contributed by atoms with Crippen LogP contribution in [0.3, 0.4) is 0 Å². The maximum absolute atomic E-state index is 12.0. The molecule has 0 aliphatic heterocycles. The third-order valence-electron chi connectivity index (χ3n) is 2.69. The maximum atomic E-state index is 12.0. The summed E-state index contributed by atoms with van der Waals surface area (Å²) in [6.45, 7) is 1.69. The lowest BCUT2D eigenvalue weighted by atomic mass is 10.1. The summed E-state index contributed by atoms with van der Waals surface area (Å²) in [5.41, 5.74) is 0.911. The molecular weight excluding hydrogens is 286 g/mol. The standard InChI is InChI=1S/C13H14ClNO5/c1-7-2-3-8(14)6-9(7)12(18)15-10(13(19)20)4-5-11(16)17/h2-3,6,10H,4-5H2,1H3,(H,15,18)(H,16,17)(H,19,20). The van der Waals surface area contributed by atoms with Gasteiger partial charge in [-0.05, 0) is 31.0 Å². The first-order chi connectivity index (χ1) is 9.31. The smallest absolute Gasteiger partial charge is 0.326 e. The van der Waals surface area contributed by atoms with Crippen LogP contribution < -0.4 is 5.32 Å². The Morgan fingerprint density at radius 3 is 2.50 bits per heavy atom. The molecule has 6 nitrogen and oxygen atoms in total. The topological polar surface area (TPSA) is 104 Å². The van der Waals surface area contributed by atoms with Crippen LogP contribution in [0.25, 0.3) is 0 Å². The van der Waals surface area contributed by atoms with Crippen molar-refractivity contribution in [3.63, 3.8) is 0 Å². The minimum atomic E-state index is -1.28. The Labute approximate surface area is 120 Å². The van der Waals surface area contributed by atoms with Crippen molar-refractivity contribution in [3.8, 4) is 0 Å². The van der Waals surface area contributed by atoms with Crippen molar-refractivity contribution in [2.24, 2.45) is 0 Å². The van der Waals surface area contributed by atoms with E-state index >= 15 is 0 Å². The van der Waals surface area contributed by atoms with Gasteiger partial charge in [0, 0.05) is 17.0 Å². The number of benzene rings is 1. The third-order valence-corrected chi connectivity index (χ3v) is 2.93. The molecule has 20 heavy (non-hydrogen) atoms. The normalized spacial score (nSPS) is 11.7. The fourth-order valence-corrected chi connectivity index (χ4v) is 1.77. The van der Waals surface area contributed by atoms with E-state index in [4.69, 9.17) is 21.8 Å². The van der Waals surface area contributed by atoms with Gasteiger partial charge in [0.2, 0.25) is 0 Å². The summed E-state index contributed by atoms with van der Waals surface area (Å²) in [5.74, 6) is -2.99. The second-order valence-corrected chi connectivity index (χ2v) is 4.69. The Balaban J connectivity index is 2.82. The Morgan fingerprint density at radius 2 is 1.95 bits per heavy atom. The predicted octanol–water partition coefficient (Wildman–Crippen LogP) is 1.70. The van der Waals surface area contributed by atoms with Crippen LogP contribution in [0, 0.1) is 6.92 Å². The van der Waals surface area contributed by atoms with Crippen molar-refractivity contribution >= 4 is 29.4 Å².